The molecule has 0 saturated carbocycles. The van der Waals surface area contributed by atoms with E-state index >= 15 is 0 Å². The highest BCUT2D eigenvalue weighted by atomic mass is 16.5. The van der Waals surface area contributed by atoms with Gasteiger partial charge in [-0.3, -0.25) is 9.89 Å². The molecule has 4 N–H and O–H groups in total. The van der Waals surface area contributed by atoms with Gasteiger partial charge in [0, 0.05) is 23.9 Å². The summed E-state index contributed by atoms with van der Waals surface area (Å²) in [5.74, 6) is 0.768. The number of benzene rings is 1. The molecule has 1 aromatic heterocycles. The van der Waals surface area contributed by atoms with E-state index in [4.69, 9.17) is 15.2 Å². The van der Waals surface area contributed by atoms with Crippen LogP contribution >= 0.6 is 0 Å². The number of methoxy groups -OCH3 is 2. The van der Waals surface area contributed by atoms with Crippen LogP contribution in [-0.2, 0) is 0 Å². The van der Waals surface area contributed by atoms with Crippen molar-refractivity contribution in [3.05, 3.63) is 30.1 Å². The van der Waals surface area contributed by atoms with Crippen LogP contribution in [0.25, 0.3) is 0 Å². The zero-order chi connectivity index (χ0) is 13.8. The van der Waals surface area contributed by atoms with E-state index in [9.17, 15) is 4.79 Å². The Morgan fingerprint density at radius 1 is 1.26 bits per heavy atom. The molecule has 100 valence electrons. The van der Waals surface area contributed by atoms with Gasteiger partial charge >= 0.3 is 0 Å². The predicted octanol–water partition coefficient (Wildman–Crippen LogP) is 1.26. The average Bonchev–Trinajstić information content (AvgIpc) is 2.84. The molecule has 19 heavy (non-hydrogen) atoms. The fourth-order valence-corrected chi connectivity index (χ4v) is 1.55. The summed E-state index contributed by atoms with van der Waals surface area (Å²) in [5, 5.41) is 8.91. The molecule has 0 aliphatic rings. The molecule has 0 fully saturated rings. The second kappa shape index (κ2) is 5.30. The number of carbonyl (C=O) groups is 1. The van der Waals surface area contributed by atoms with Crippen molar-refractivity contribution in [2.24, 2.45) is 0 Å². The molecule has 0 unspecified atom stereocenters. The molecule has 0 atom stereocenters. The summed E-state index contributed by atoms with van der Waals surface area (Å²) in [6.07, 6.45) is 1.38. The SMILES string of the molecule is COc1cc(NC(=O)c2[nH]ncc2N)cc(OC)c1. The number of nitrogens with one attached hydrogen (secondary N) is 2. The molecule has 2 rings (SSSR count). The van der Waals surface area contributed by atoms with Gasteiger partial charge in [-0.05, 0) is 0 Å². The highest BCUT2D eigenvalue weighted by molar-refractivity contribution is 6.06. The molecule has 0 radical (unpaired) electrons. The second-order valence-electron chi connectivity index (χ2n) is 3.76. The Labute approximate surface area is 109 Å². The van der Waals surface area contributed by atoms with Crippen molar-refractivity contribution < 1.29 is 14.3 Å². The molecule has 0 saturated heterocycles. The number of hydrogen-bond acceptors (Lipinski definition) is 5. The highest BCUT2D eigenvalue weighted by Crippen LogP contribution is 2.26. The van der Waals surface area contributed by atoms with Gasteiger partial charge in [0.15, 0.2) is 0 Å². The molecule has 0 bridgehead atoms. The molecule has 7 nitrogen and oxygen atoms in total. The first kappa shape index (κ1) is 12.7. The molecule has 7 heteroatoms. The summed E-state index contributed by atoms with van der Waals surface area (Å²) in [4.78, 5) is 12.0. The summed E-state index contributed by atoms with van der Waals surface area (Å²) < 4.78 is 10.2. The van der Waals surface area contributed by atoms with Crippen LogP contribution in [0.4, 0.5) is 11.4 Å². The number of aromatic nitrogens is 2. The van der Waals surface area contributed by atoms with Gasteiger partial charge in [0.2, 0.25) is 0 Å². The van der Waals surface area contributed by atoms with Crippen LogP contribution in [-0.4, -0.2) is 30.3 Å². The van der Waals surface area contributed by atoms with Crippen molar-refractivity contribution in [2.45, 2.75) is 0 Å². The van der Waals surface area contributed by atoms with Gasteiger partial charge in [0.25, 0.3) is 5.91 Å². The highest BCUT2D eigenvalue weighted by Gasteiger charge is 2.13. The van der Waals surface area contributed by atoms with E-state index in [1.165, 1.54) is 20.4 Å². The number of hydrogen-bond donors (Lipinski definition) is 3. The minimum atomic E-state index is -0.384. The Bertz CT molecular complexity index is 572. The smallest absolute Gasteiger partial charge is 0.275 e. The number of amides is 1. The number of nitrogens with two attached hydrogens (primary N) is 1. The number of H-pyrrole nitrogens is 1. The van der Waals surface area contributed by atoms with Crippen LogP contribution in [0.5, 0.6) is 11.5 Å². The van der Waals surface area contributed by atoms with Gasteiger partial charge in [-0.2, -0.15) is 5.10 Å². The van der Waals surface area contributed by atoms with Gasteiger partial charge in [0.1, 0.15) is 17.2 Å². The van der Waals surface area contributed by atoms with E-state index in [0.29, 0.717) is 17.2 Å². The van der Waals surface area contributed by atoms with E-state index in [0.717, 1.165) is 0 Å². The van der Waals surface area contributed by atoms with Crippen LogP contribution in [0.3, 0.4) is 0 Å². The number of nitrogen functional groups attached to an aromatic ring is 1. The van der Waals surface area contributed by atoms with Crippen LogP contribution in [0.2, 0.25) is 0 Å². The monoisotopic (exact) mass is 262 g/mol. The number of anilines is 2. The van der Waals surface area contributed by atoms with Crippen molar-refractivity contribution >= 4 is 17.3 Å². The predicted molar refractivity (Wildman–Crippen MR) is 70.5 cm³/mol. The average molecular weight is 262 g/mol. The van der Waals surface area contributed by atoms with Crippen molar-refractivity contribution in [3.63, 3.8) is 0 Å². The molecular weight excluding hydrogens is 248 g/mol. The third-order valence-corrected chi connectivity index (χ3v) is 2.51. The molecule has 0 aliphatic heterocycles. The van der Waals surface area contributed by atoms with Crippen LogP contribution in [0, 0.1) is 0 Å². The Morgan fingerprint density at radius 3 is 2.37 bits per heavy atom. The third kappa shape index (κ3) is 2.76. The normalized spacial score (nSPS) is 10.0. The Balaban J connectivity index is 2.23. The first-order valence-electron chi connectivity index (χ1n) is 5.47. The summed E-state index contributed by atoms with van der Waals surface area (Å²) in [7, 11) is 3.07. The van der Waals surface area contributed by atoms with Gasteiger partial charge in [-0.15, -0.1) is 0 Å². The topological polar surface area (TPSA) is 102 Å². The Hall–Kier alpha value is -2.70. The molecule has 1 aromatic carbocycles. The molecule has 1 heterocycles. The molecule has 0 aliphatic carbocycles. The number of nitrogens with zero attached hydrogens (tertiary/aromatic N) is 1. The van der Waals surface area contributed by atoms with Crippen molar-refractivity contribution in [1.29, 1.82) is 0 Å². The van der Waals surface area contributed by atoms with E-state index < -0.39 is 0 Å². The van der Waals surface area contributed by atoms with E-state index in [1.807, 2.05) is 0 Å². The van der Waals surface area contributed by atoms with Crippen molar-refractivity contribution in [3.8, 4) is 11.5 Å². The minimum absolute atomic E-state index is 0.210. The minimum Gasteiger partial charge on any atom is -0.497 e. The maximum atomic E-state index is 12.0. The van der Waals surface area contributed by atoms with Crippen LogP contribution < -0.4 is 20.5 Å². The van der Waals surface area contributed by atoms with Crippen molar-refractivity contribution in [1.82, 2.24) is 10.2 Å². The first-order valence-corrected chi connectivity index (χ1v) is 5.47. The van der Waals surface area contributed by atoms with Crippen LogP contribution in [0.15, 0.2) is 24.4 Å². The van der Waals surface area contributed by atoms with Crippen LogP contribution in [0.1, 0.15) is 10.5 Å². The Kier molecular flexibility index (Phi) is 3.56. The lowest BCUT2D eigenvalue weighted by Gasteiger charge is -2.09. The maximum Gasteiger partial charge on any atom is 0.275 e. The third-order valence-electron chi connectivity index (χ3n) is 2.51. The van der Waals surface area contributed by atoms with E-state index in [2.05, 4.69) is 15.5 Å². The molecule has 0 spiro atoms. The van der Waals surface area contributed by atoms with Gasteiger partial charge in [-0.25, -0.2) is 0 Å². The zero-order valence-corrected chi connectivity index (χ0v) is 10.6. The van der Waals surface area contributed by atoms with Crippen molar-refractivity contribution in [2.75, 3.05) is 25.3 Å². The zero-order valence-electron chi connectivity index (χ0n) is 10.6. The van der Waals surface area contributed by atoms with Gasteiger partial charge < -0.3 is 20.5 Å². The number of ether oxygens (including phenoxy) is 2. The lowest BCUT2D eigenvalue weighted by atomic mass is 10.2. The maximum absolute atomic E-state index is 12.0. The standard InChI is InChI=1S/C12H14N4O3/c1-18-8-3-7(4-9(5-8)19-2)15-12(17)11-10(13)6-14-16-11/h3-6H,13H2,1-2H3,(H,14,16)(H,15,17). The second-order valence-corrected chi connectivity index (χ2v) is 3.76. The summed E-state index contributed by atoms with van der Waals surface area (Å²) >= 11 is 0. The fourth-order valence-electron chi connectivity index (χ4n) is 1.55. The summed E-state index contributed by atoms with van der Waals surface area (Å²) in [6, 6.07) is 5.06. The number of rotatable bonds is 4. The van der Waals surface area contributed by atoms with Gasteiger partial charge in [0.05, 0.1) is 26.1 Å². The lowest BCUT2D eigenvalue weighted by Crippen LogP contribution is -2.14. The molecule has 1 amide bonds. The largest absolute Gasteiger partial charge is 0.497 e. The molecular formula is C12H14N4O3. The Morgan fingerprint density at radius 2 is 1.89 bits per heavy atom. The summed E-state index contributed by atoms with van der Waals surface area (Å²) in [5.41, 5.74) is 6.64. The molecule has 2 aromatic rings. The lowest BCUT2D eigenvalue weighted by molar-refractivity contribution is 0.102. The van der Waals surface area contributed by atoms with E-state index in [-0.39, 0.29) is 17.3 Å². The van der Waals surface area contributed by atoms with E-state index in [1.54, 1.807) is 18.2 Å². The fraction of sp³-hybridized carbons (Fsp3) is 0.167. The van der Waals surface area contributed by atoms with Gasteiger partial charge in [-0.1, -0.05) is 0 Å². The summed E-state index contributed by atoms with van der Waals surface area (Å²) in [6.45, 7) is 0. The quantitative estimate of drug-likeness (QED) is 0.769. The first-order chi connectivity index (χ1) is 9.13. The number of carbonyl (C=O) groups excluding carboxylic acids is 1. The number of aromatic amines is 1.